The number of allylic oxidation sites excluding steroid dienone is 5. The Morgan fingerprint density at radius 3 is 2.05 bits per heavy atom. The highest BCUT2D eigenvalue weighted by Crippen LogP contribution is 2.33. The van der Waals surface area contributed by atoms with E-state index < -0.39 is 17.8 Å². The van der Waals surface area contributed by atoms with E-state index in [0.29, 0.717) is 17.1 Å². The maximum Gasteiger partial charge on any atom is 0.328 e. The minimum absolute atomic E-state index is 0.0889. The van der Waals surface area contributed by atoms with Crippen LogP contribution in [0.2, 0.25) is 0 Å². The number of amides is 4. The Bertz CT molecular complexity index is 581. The Balaban J connectivity index is 2.53. The lowest BCUT2D eigenvalue weighted by atomic mass is 9.90. The van der Waals surface area contributed by atoms with Crippen molar-refractivity contribution in [3.8, 4) is 0 Å². The summed E-state index contributed by atoms with van der Waals surface area (Å²) in [5, 5.41) is 4.12. The first-order valence-electron chi connectivity index (χ1n) is 6.18. The van der Waals surface area contributed by atoms with Gasteiger partial charge in [0.2, 0.25) is 0 Å². The highest BCUT2D eigenvalue weighted by atomic mass is 16.5. The van der Waals surface area contributed by atoms with Gasteiger partial charge in [0, 0.05) is 5.41 Å². The smallest absolute Gasteiger partial charge is 0.328 e. The summed E-state index contributed by atoms with van der Waals surface area (Å²) in [6.45, 7) is 7.63. The van der Waals surface area contributed by atoms with Crippen molar-refractivity contribution in [2.75, 3.05) is 0 Å². The minimum Gasteiger partial charge on any atom is -0.466 e. The van der Waals surface area contributed by atoms with Gasteiger partial charge < -0.3 is 4.74 Å². The maximum atomic E-state index is 11.8. The Hall–Kier alpha value is -2.37. The summed E-state index contributed by atoms with van der Waals surface area (Å²) in [5.41, 5.74) is 0.0776. The molecular weight excluding hydrogens is 260 g/mol. The van der Waals surface area contributed by atoms with Gasteiger partial charge in [0.05, 0.1) is 0 Å². The molecule has 0 radical (unpaired) electrons. The van der Waals surface area contributed by atoms with Crippen molar-refractivity contribution < 1.29 is 19.1 Å². The molecule has 2 heterocycles. The summed E-state index contributed by atoms with van der Waals surface area (Å²) in [7, 11) is 0. The van der Waals surface area contributed by atoms with Gasteiger partial charge in [-0.1, -0.05) is 20.8 Å². The number of imide groups is 2. The topological polar surface area (TPSA) is 84.5 Å². The molecule has 20 heavy (non-hydrogen) atoms. The van der Waals surface area contributed by atoms with Gasteiger partial charge in [-0.25, -0.2) is 4.79 Å². The molecule has 0 aromatic rings. The standard InChI is InChI=1S/C14H16N2O4/c1-7-5-8(6-9(20-7)14(2,3)4)10-11(17)15-13(19)16-12(10)18/h5-6H,1-4H3,(H2,15,16,17,18,19). The second kappa shape index (κ2) is 4.63. The molecule has 1 fully saturated rings. The van der Waals surface area contributed by atoms with Crippen LogP contribution in [0.25, 0.3) is 0 Å². The van der Waals surface area contributed by atoms with Crippen LogP contribution in [0.4, 0.5) is 4.79 Å². The number of hydrogen-bond acceptors (Lipinski definition) is 4. The van der Waals surface area contributed by atoms with Crippen molar-refractivity contribution in [1.82, 2.24) is 10.6 Å². The van der Waals surface area contributed by atoms with E-state index in [0.717, 1.165) is 0 Å². The molecule has 1 saturated heterocycles. The van der Waals surface area contributed by atoms with Gasteiger partial charge in [0.25, 0.3) is 11.8 Å². The lowest BCUT2D eigenvalue weighted by Crippen LogP contribution is -2.51. The van der Waals surface area contributed by atoms with Crippen molar-refractivity contribution in [3.63, 3.8) is 0 Å². The van der Waals surface area contributed by atoms with Crippen LogP contribution >= 0.6 is 0 Å². The fourth-order valence-electron chi connectivity index (χ4n) is 1.88. The monoisotopic (exact) mass is 276 g/mol. The van der Waals surface area contributed by atoms with Crippen molar-refractivity contribution >= 4 is 17.8 Å². The van der Waals surface area contributed by atoms with Crippen LogP contribution in [0.15, 0.2) is 34.8 Å². The Labute approximate surface area is 116 Å². The van der Waals surface area contributed by atoms with Crippen LogP contribution in [0, 0.1) is 5.41 Å². The van der Waals surface area contributed by atoms with Crippen LogP contribution in [-0.2, 0) is 14.3 Å². The van der Waals surface area contributed by atoms with E-state index in [1.54, 1.807) is 19.1 Å². The van der Waals surface area contributed by atoms with E-state index in [4.69, 9.17) is 4.74 Å². The normalized spacial score (nSPS) is 19.9. The van der Waals surface area contributed by atoms with Crippen LogP contribution in [0.5, 0.6) is 0 Å². The fraction of sp³-hybridized carbons (Fsp3) is 0.357. The summed E-state index contributed by atoms with van der Waals surface area (Å²) in [5.74, 6) is -0.177. The summed E-state index contributed by atoms with van der Waals surface area (Å²) >= 11 is 0. The molecule has 106 valence electrons. The van der Waals surface area contributed by atoms with E-state index >= 15 is 0 Å². The van der Waals surface area contributed by atoms with E-state index in [1.165, 1.54) is 0 Å². The predicted octanol–water partition coefficient (Wildman–Crippen LogP) is 1.51. The number of hydrogen-bond donors (Lipinski definition) is 2. The third kappa shape index (κ3) is 2.64. The highest BCUT2D eigenvalue weighted by Gasteiger charge is 2.32. The van der Waals surface area contributed by atoms with Crippen LogP contribution < -0.4 is 10.6 Å². The number of carbonyl (C=O) groups is 3. The summed E-state index contributed by atoms with van der Waals surface area (Å²) in [4.78, 5) is 34.7. The maximum absolute atomic E-state index is 11.8. The number of rotatable bonds is 0. The van der Waals surface area contributed by atoms with Crippen molar-refractivity contribution in [2.45, 2.75) is 27.7 Å². The summed E-state index contributed by atoms with van der Waals surface area (Å²) in [6.07, 6.45) is 3.25. The average molecular weight is 276 g/mol. The zero-order valence-electron chi connectivity index (χ0n) is 11.8. The Morgan fingerprint density at radius 1 is 1.00 bits per heavy atom. The first-order chi connectivity index (χ1) is 9.18. The molecule has 6 nitrogen and oxygen atoms in total. The van der Waals surface area contributed by atoms with Gasteiger partial charge in [0.1, 0.15) is 17.1 Å². The highest BCUT2D eigenvalue weighted by molar-refractivity contribution is 6.29. The molecule has 0 saturated carbocycles. The molecule has 2 rings (SSSR count). The van der Waals surface area contributed by atoms with E-state index in [2.05, 4.69) is 10.6 Å². The zero-order chi connectivity index (χ0) is 15.1. The van der Waals surface area contributed by atoms with Crippen LogP contribution in [0.3, 0.4) is 0 Å². The van der Waals surface area contributed by atoms with Gasteiger partial charge in [0.15, 0.2) is 0 Å². The van der Waals surface area contributed by atoms with Crippen molar-refractivity contribution in [3.05, 3.63) is 34.8 Å². The minimum atomic E-state index is -0.808. The Kier molecular flexibility index (Phi) is 3.25. The second-order valence-electron chi connectivity index (χ2n) is 5.68. The first kappa shape index (κ1) is 14.0. The average Bonchev–Trinajstić information content (AvgIpc) is 2.25. The predicted molar refractivity (Wildman–Crippen MR) is 71.1 cm³/mol. The molecule has 2 N–H and O–H groups in total. The molecule has 0 aromatic heterocycles. The van der Waals surface area contributed by atoms with Crippen LogP contribution in [-0.4, -0.2) is 17.8 Å². The van der Waals surface area contributed by atoms with E-state index in [9.17, 15) is 14.4 Å². The molecule has 0 spiro atoms. The molecular formula is C14H16N2O4. The SMILES string of the molecule is CC1=CC(=C2C(=O)NC(=O)NC2=O)C=C(C(C)(C)C)O1. The summed E-state index contributed by atoms with van der Waals surface area (Å²) in [6, 6.07) is -0.808. The second-order valence-corrected chi connectivity index (χ2v) is 5.68. The zero-order valence-corrected chi connectivity index (χ0v) is 11.8. The lowest BCUT2D eigenvalue weighted by molar-refractivity contribution is -0.124. The molecule has 0 atom stereocenters. The molecule has 2 aliphatic heterocycles. The molecule has 0 aromatic carbocycles. The van der Waals surface area contributed by atoms with Gasteiger partial charge >= 0.3 is 6.03 Å². The number of nitrogens with one attached hydrogen (secondary N) is 2. The molecule has 0 unspecified atom stereocenters. The third-order valence-corrected chi connectivity index (χ3v) is 2.85. The molecule has 6 heteroatoms. The van der Waals surface area contributed by atoms with Crippen molar-refractivity contribution in [2.24, 2.45) is 5.41 Å². The van der Waals surface area contributed by atoms with E-state index in [1.807, 2.05) is 20.8 Å². The number of ether oxygens (including phenoxy) is 1. The van der Waals surface area contributed by atoms with E-state index in [-0.39, 0.29) is 11.0 Å². The van der Waals surface area contributed by atoms with Gasteiger partial charge in [-0.3, -0.25) is 20.2 Å². The lowest BCUT2D eigenvalue weighted by Gasteiger charge is -2.27. The molecule has 0 bridgehead atoms. The fourth-order valence-corrected chi connectivity index (χ4v) is 1.88. The largest absolute Gasteiger partial charge is 0.466 e. The number of urea groups is 1. The first-order valence-corrected chi connectivity index (χ1v) is 6.18. The molecule has 0 aliphatic carbocycles. The summed E-state index contributed by atoms with van der Waals surface area (Å²) < 4.78 is 5.62. The third-order valence-electron chi connectivity index (χ3n) is 2.85. The van der Waals surface area contributed by atoms with Crippen LogP contribution in [0.1, 0.15) is 27.7 Å². The quantitative estimate of drug-likeness (QED) is 0.519. The van der Waals surface area contributed by atoms with Gasteiger partial charge in [-0.15, -0.1) is 0 Å². The number of barbiturate groups is 1. The Morgan fingerprint density at radius 2 is 1.55 bits per heavy atom. The van der Waals surface area contributed by atoms with Gasteiger partial charge in [-0.2, -0.15) is 0 Å². The van der Waals surface area contributed by atoms with Crippen molar-refractivity contribution in [1.29, 1.82) is 0 Å². The molecule has 2 aliphatic rings. The molecule has 4 amide bonds. The number of carbonyl (C=O) groups excluding carboxylic acids is 3. The van der Waals surface area contributed by atoms with Gasteiger partial charge in [-0.05, 0) is 24.6 Å².